The Bertz CT molecular complexity index is 1500. The second-order valence-corrected chi connectivity index (χ2v) is 11.6. The number of nitro groups is 1. The molecule has 0 fully saturated rings. The number of hydrogen-bond acceptors (Lipinski definition) is 7. The Morgan fingerprint density at radius 3 is 2.29 bits per heavy atom. The molecule has 0 spiro atoms. The van der Waals surface area contributed by atoms with E-state index in [0.717, 1.165) is 10.4 Å². The fraction of sp³-hybridized carbons (Fsp3) is 0.333. The van der Waals surface area contributed by atoms with E-state index in [1.165, 1.54) is 42.3 Å². The maximum atomic E-state index is 14.1. The van der Waals surface area contributed by atoms with Gasteiger partial charge in [-0.25, -0.2) is 8.42 Å². The second-order valence-electron chi connectivity index (χ2n) is 9.72. The first-order valence-corrected chi connectivity index (χ1v) is 15.0. The van der Waals surface area contributed by atoms with Gasteiger partial charge in [0.15, 0.2) is 0 Å². The van der Waals surface area contributed by atoms with Crippen molar-refractivity contribution in [2.45, 2.75) is 57.1 Å². The first kappa shape index (κ1) is 32.1. The molecule has 0 unspecified atom stereocenters. The number of ether oxygens (including phenoxy) is 1. The summed E-state index contributed by atoms with van der Waals surface area (Å²) in [6.07, 6.45) is 0.947. The number of non-ortho nitro benzene ring substituents is 1. The molecule has 2 atom stereocenters. The molecule has 0 aliphatic rings. The number of carbonyl (C=O) groups is 2. The minimum absolute atomic E-state index is 0.00335. The zero-order valence-electron chi connectivity index (χ0n) is 24.1. The number of methoxy groups -OCH3 is 1. The van der Waals surface area contributed by atoms with E-state index < -0.39 is 33.4 Å². The lowest BCUT2D eigenvalue weighted by Crippen LogP contribution is -2.53. The summed E-state index contributed by atoms with van der Waals surface area (Å²) < 4.78 is 33.9. The molecule has 224 valence electrons. The number of amides is 2. The van der Waals surface area contributed by atoms with Gasteiger partial charge in [0, 0.05) is 24.7 Å². The Balaban J connectivity index is 2.10. The summed E-state index contributed by atoms with van der Waals surface area (Å²) in [6.45, 7) is 4.85. The molecule has 3 aromatic rings. The Morgan fingerprint density at radius 1 is 0.976 bits per heavy atom. The van der Waals surface area contributed by atoms with Crippen LogP contribution in [0.15, 0.2) is 83.8 Å². The average molecular weight is 597 g/mol. The number of anilines is 1. The Kier molecular flexibility index (Phi) is 11.0. The van der Waals surface area contributed by atoms with Crippen LogP contribution in [0.1, 0.15) is 39.2 Å². The van der Waals surface area contributed by atoms with Gasteiger partial charge < -0.3 is 15.0 Å². The molecule has 0 saturated heterocycles. The third-order valence-electron chi connectivity index (χ3n) is 6.81. The third kappa shape index (κ3) is 7.84. The zero-order valence-corrected chi connectivity index (χ0v) is 24.9. The Labute approximate surface area is 246 Å². The maximum absolute atomic E-state index is 14.1. The number of carbonyl (C=O) groups excluding carboxylic acids is 2. The van der Waals surface area contributed by atoms with E-state index >= 15 is 0 Å². The molecule has 11 nitrogen and oxygen atoms in total. The van der Waals surface area contributed by atoms with Crippen molar-refractivity contribution in [1.29, 1.82) is 0 Å². The van der Waals surface area contributed by atoms with Gasteiger partial charge in [-0.05, 0) is 55.7 Å². The smallest absolute Gasteiger partial charge is 0.271 e. The molecule has 3 rings (SSSR count). The van der Waals surface area contributed by atoms with Gasteiger partial charge in [-0.15, -0.1) is 0 Å². The largest absolute Gasteiger partial charge is 0.497 e. The minimum atomic E-state index is -4.34. The molecule has 2 amide bonds. The molecule has 0 heterocycles. The van der Waals surface area contributed by atoms with Gasteiger partial charge in [0.05, 0.1) is 22.6 Å². The highest BCUT2D eigenvalue weighted by Crippen LogP contribution is 2.28. The standard InChI is InChI=1S/C30H36N4O7S/c1-5-22(3)31-30(36)28(6-2)32(20-23-12-10-15-26(18-23)41-4)29(35)21-33(24-13-11-14-25(19-24)34(37)38)42(39,40)27-16-8-7-9-17-27/h7-19,22,28H,5-6,20-21H2,1-4H3,(H,31,36)/t22-,28-/m1/s1. The van der Waals surface area contributed by atoms with Crippen LogP contribution in [0.4, 0.5) is 11.4 Å². The van der Waals surface area contributed by atoms with Crippen LogP contribution in [0.2, 0.25) is 0 Å². The van der Waals surface area contributed by atoms with Crippen LogP contribution in [-0.4, -0.2) is 55.8 Å². The normalized spacial score (nSPS) is 12.6. The summed E-state index contributed by atoms with van der Waals surface area (Å²) in [7, 11) is -2.83. The lowest BCUT2D eigenvalue weighted by atomic mass is 10.1. The fourth-order valence-corrected chi connectivity index (χ4v) is 5.77. The number of nitro benzene ring substituents is 1. The van der Waals surface area contributed by atoms with Gasteiger partial charge in [0.2, 0.25) is 11.8 Å². The van der Waals surface area contributed by atoms with Crippen LogP contribution >= 0.6 is 0 Å². The lowest BCUT2D eigenvalue weighted by molar-refractivity contribution is -0.384. The molecule has 0 bridgehead atoms. The van der Waals surface area contributed by atoms with Gasteiger partial charge in [-0.2, -0.15) is 0 Å². The maximum Gasteiger partial charge on any atom is 0.271 e. The highest BCUT2D eigenvalue weighted by molar-refractivity contribution is 7.92. The molecule has 0 aromatic heterocycles. The molecule has 0 radical (unpaired) electrons. The SMILES string of the molecule is CC[C@@H](C)NC(=O)[C@@H](CC)N(Cc1cccc(OC)c1)C(=O)CN(c1cccc([N+](=O)[O-])c1)S(=O)(=O)c1ccccc1. The van der Waals surface area contributed by atoms with E-state index in [0.29, 0.717) is 17.7 Å². The third-order valence-corrected chi connectivity index (χ3v) is 8.60. The summed E-state index contributed by atoms with van der Waals surface area (Å²) in [5, 5.41) is 14.4. The van der Waals surface area contributed by atoms with E-state index in [9.17, 15) is 28.1 Å². The van der Waals surface area contributed by atoms with Crippen molar-refractivity contribution in [3.05, 3.63) is 94.5 Å². The van der Waals surface area contributed by atoms with Crippen LogP contribution in [-0.2, 0) is 26.2 Å². The Hall–Kier alpha value is -4.45. The number of hydrogen-bond donors (Lipinski definition) is 1. The van der Waals surface area contributed by atoms with Gasteiger partial charge in [0.1, 0.15) is 18.3 Å². The number of nitrogens with one attached hydrogen (secondary N) is 1. The number of benzene rings is 3. The van der Waals surface area contributed by atoms with Crippen molar-refractivity contribution in [3.8, 4) is 5.75 Å². The van der Waals surface area contributed by atoms with Crippen molar-refractivity contribution in [2.24, 2.45) is 0 Å². The van der Waals surface area contributed by atoms with E-state index in [1.54, 1.807) is 49.4 Å². The first-order chi connectivity index (χ1) is 20.0. The monoisotopic (exact) mass is 596 g/mol. The van der Waals surface area contributed by atoms with Crippen LogP contribution in [0, 0.1) is 10.1 Å². The molecule has 0 aliphatic carbocycles. The summed E-state index contributed by atoms with van der Waals surface area (Å²) in [5.74, 6) is -0.465. The quantitative estimate of drug-likeness (QED) is 0.213. The van der Waals surface area contributed by atoms with Crippen LogP contribution in [0.3, 0.4) is 0 Å². The van der Waals surface area contributed by atoms with E-state index in [2.05, 4.69) is 5.32 Å². The fourth-order valence-electron chi connectivity index (χ4n) is 4.34. The van der Waals surface area contributed by atoms with Crippen molar-refractivity contribution >= 4 is 33.2 Å². The molecule has 0 aliphatic heterocycles. The Morgan fingerprint density at radius 2 is 1.67 bits per heavy atom. The molecule has 42 heavy (non-hydrogen) atoms. The van der Waals surface area contributed by atoms with Crippen LogP contribution in [0.25, 0.3) is 0 Å². The summed E-state index contributed by atoms with van der Waals surface area (Å²) in [5.41, 5.74) is 0.283. The summed E-state index contributed by atoms with van der Waals surface area (Å²) in [4.78, 5) is 39.6. The molecule has 0 saturated carbocycles. The van der Waals surface area contributed by atoms with Crippen LogP contribution < -0.4 is 14.4 Å². The minimum Gasteiger partial charge on any atom is -0.497 e. The number of rotatable bonds is 14. The zero-order chi connectivity index (χ0) is 30.9. The van der Waals surface area contributed by atoms with E-state index in [1.807, 2.05) is 13.8 Å². The predicted octanol–water partition coefficient (Wildman–Crippen LogP) is 4.52. The molecule has 1 N–H and O–H groups in total. The van der Waals surface area contributed by atoms with E-state index in [4.69, 9.17) is 4.74 Å². The van der Waals surface area contributed by atoms with Gasteiger partial charge in [-0.1, -0.05) is 50.2 Å². The lowest BCUT2D eigenvalue weighted by Gasteiger charge is -2.33. The topological polar surface area (TPSA) is 139 Å². The van der Waals surface area contributed by atoms with Gasteiger partial charge in [0.25, 0.3) is 15.7 Å². The number of sulfonamides is 1. The number of nitrogens with zero attached hydrogens (tertiary/aromatic N) is 3. The van der Waals surface area contributed by atoms with Crippen molar-refractivity contribution in [1.82, 2.24) is 10.2 Å². The van der Waals surface area contributed by atoms with Gasteiger partial charge >= 0.3 is 0 Å². The van der Waals surface area contributed by atoms with Crippen molar-refractivity contribution in [3.63, 3.8) is 0 Å². The average Bonchev–Trinajstić information content (AvgIpc) is 2.99. The summed E-state index contributed by atoms with van der Waals surface area (Å²) >= 11 is 0. The van der Waals surface area contributed by atoms with Crippen LogP contribution in [0.5, 0.6) is 5.75 Å². The second kappa shape index (κ2) is 14.4. The van der Waals surface area contributed by atoms with Gasteiger partial charge in [-0.3, -0.25) is 24.0 Å². The van der Waals surface area contributed by atoms with E-state index in [-0.39, 0.29) is 41.2 Å². The molecular weight excluding hydrogens is 560 g/mol. The van der Waals surface area contributed by atoms with Crippen molar-refractivity contribution < 1.29 is 27.7 Å². The summed E-state index contributed by atoms with van der Waals surface area (Å²) in [6, 6.07) is 18.6. The molecule has 12 heteroatoms. The predicted molar refractivity (Wildman–Crippen MR) is 160 cm³/mol. The van der Waals surface area contributed by atoms with Crippen molar-refractivity contribution in [2.75, 3.05) is 18.0 Å². The first-order valence-electron chi connectivity index (χ1n) is 13.6. The molecular formula is C30H36N4O7S. The highest BCUT2D eigenvalue weighted by Gasteiger charge is 2.34. The molecule has 3 aromatic carbocycles. The highest BCUT2D eigenvalue weighted by atomic mass is 32.2.